The summed E-state index contributed by atoms with van der Waals surface area (Å²) in [5, 5.41) is 19.8. The second-order valence-electron chi connectivity index (χ2n) is 4.73. The lowest BCUT2D eigenvalue weighted by Gasteiger charge is -2.13. The summed E-state index contributed by atoms with van der Waals surface area (Å²) < 4.78 is 0. The molecule has 0 bridgehead atoms. The van der Waals surface area contributed by atoms with Crippen LogP contribution in [-0.4, -0.2) is 34.1 Å². The minimum atomic E-state index is -1.22. The van der Waals surface area contributed by atoms with Gasteiger partial charge in [-0.25, -0.2) is 4.79 Å². The van der Waals surface area contributed by atoms with Gasteiger partial charge >= 0.3 is 11.9 Å². The highest BCUT2D eigenvalue weighted by molar-refractivity contribution is 5.83. The molecule has 0 aliphatic rings. The van der Waals surface area contributed by atoms with Crippen molar-refractivity contribution in [1.82, 2.24) is 5.32 Å². The van der Waals surface area contributed by atoms with Gasteiger partial charge in [0.1, 0.15) is 6.04 Å². The minimum absolute atomic E-state index is 0.116. The van der Waals surface area contributed by atoms with Crippen LogP contribution in [-0.2, 0) is 20.8 Å². The highest BCUT2D eigenvalue weighted by Gasteiger charge is 2.20. The number of carboxylic acid groups (broad SMARTS) is 2. The fraction of sp³-hybridized carbons (Fsp3) is 0.400. The van der Waals surface area contributed by atoms with Crippen LogP contribution in [0.1, 0.15) is 31.2 Å². The molecule has 0 unspecified atom stereocenters. The van der Waals surface area contributed by atoms with Gasteiger partial charge in [0, 0.05) is 12.8 Å². The maximum Gasteiger partial charge on any atom is 0.326 e. The Balaban J connectivity index is 2.33. The second-order valence-corrected chi connectivity index (χ2v) is 4.73. The lowest BCUT2D eigenvalue weighted by Crippen LogP contribution is -2.41. The topological polar surface area (TPSA) is 104 Å². The third-order valence-electron chi connectivity index (χ3n) is 2.99. The van der Waals surface area contributed by atoms with E-state index in [4.69, 9.17) is 10.2 Å². The summed E-state index contributed by atoms with van der Waals surface area (Å²) in [5.74, 6) is -2.67. The van der Waals surface area contributed by atoms with Crippen molar-refractivity contribution < 1.29 is 24.6 Å². The molecule has 21 heavy (non-hydrogen) atoms. The lowest BCUT2D eigenvalue weighted by molar-refractivity contribution is -0.143. The average Bonchev–Trinajstić information content (AvgIpc) is 2.44. The predicted octanol–water partition coefficient (Wildman–Crippen LogP) is 1.44. The first-order chi connectivity index (χ1) is 9.99. The van der Waals surface area contributed by atoms with Gasteiger partial charge in [-0.05, 0) is 24.8 Å². The third-order valence-corrected chi connectivity index (χ3v) is 2.99. The second kappa shape index (κ2) is 8.73. The Kier molecular flexibility index (Phi) is 6.94. The molecule has 0 aliphatic carbocycles. The largest absolute Gasteiger partial charge is 0.481 e. The smallest absolute Gasteiger partial charge is 0.326 e. The molecule has 6 nitrogen and oxygen atoms in total. The zero-order valence-electron chi connectivity index (χ0n) is 11.6. The quantitative estimate of drug-likeness (QED) is 0.639. The molecule has 6 heteroatoms. The molecule has 0 saturated heterocycles. The van der Waals surface area contributed by atoms with Gasteiger partial charge in [0.05, 0.1) is 0 Å². The normalized spacial score (nSPS) is 11.6. The van der Waals surface area contributed by atoms with Crippen LogP contribution in [0, 0.1) is 0 Å². The lowest BCUT2D eigenvalue weighted by atomic mass is 10.1. The molecule has 0 aliphatic heterocycles. The van der Waals surface area contributed by atoms with E-state index < -0.39 is 18.0 Å². The maximum absolute atomic E-state index is 11.7. The predicted molar refractivity (Wildman–Crippen MR) is 75.8 cm³/mol. The summed E-state index contributed by atoms with van der Waals surface area (Å²) in [7, 11) is 0. The Morgan fingerprint density at radius 2 is 1.71 bits per heavy atom. The number of carboxylic acids is 2. The number of aliphatic carboxylic acids is 2. The molecular weight excluding hydrogens is 274 g/mol. The van der Waals surface area contributed by atoms with E-state index in [0.717, 1.165) is 12.0 Å². The van der Waals surface area contributed by atoms with E-state index in [9.17, 15) is 14.4 Å². The van der Waals surface area contributed by atoms with Crippen molar-refractivity contribution in [3.63, 3.8) is 0 Å². The first-order valence-electron chi connectivity index (χ1n) is 6.77. The number of carbonyl (C=O) groups excluding carboxylic acids is 1. The van der Waals surface area contributed by atoms with Gasteiger partial charge in [0.15, 0.2) is 0 Å². The fourth-order valence-electron chi connectivity index (χ4n) is 1.89. The van der Waals surface area contributed by atoms with Crippen LogP contribution in [0.3, 0.4) is 0 Å². The first kappa shape index (κ1) is 16.7. The van der Waals surface area contributed by atoms with Crippen LogP contribution < -0.4 is 5.32 Å². The molecule has 1 aromatic carbocycles. The van der Waals surface area contributed by atoms with Crippen molar-refractivity contribution in [2.24, 2.45) is 0 Å². The molecule has 1 aromatic rings. The van der Waals surface area contributed by atoms with Crippen molar-refractivity contribution in [2.75, 3.05) is 0 Å². The van der Waals surface area contributed by atoms with Crippen LogP contribution in [0.25, 0.3) is 0 Å². The van der Waals surface area contributed by atoms with Crippen LogP contribution in [0.15, 0.2) is 30.3 Å². The summed E-state index contributed by atoms with van der Waals surface area (Å²) >= 11 is 0. The number of rotatable bonds is 9. The van der Waals surface area contributed by atoms with Crippen LogP contribution in [0.4, 0.5) is 0 Å². The van der Waals surface area contributed by atoms with Crippen molar-refractivity contribution in [3.8, 4) is 0 Å². The molecule has 0 fully saturated rings. The molecule has 0 spiro atoms. The number of carbonyl (C=O) groups is 3. The Morgan fingerprint density at radius 3 is 2.29 bits per heavy atom. The van der Waals surface area contributed by atoms with E-state index in [1.807, 2.05) is 30.3 Å². The van der Waals surface area contributed by atoms with Gasteiger partial charge in [-0.15, -0.1) is 0 Å². The van der Waals surface area contributed by atoms with E-state index in [0.29, 0.717) is 6.42 Å². The van der Waals surface area contributed by atoms with Gasteiger partial charge < -0.3 is 15.5 Å². The molecule has 1 atom stereocenters. The Hall–Kier alpha value is -2.37. The van der Waals surface area contributed by atoms with Crippen LogP contribution >= 0.6 is 0 Å². The number of aryl methyl sites for hydroxylation is 1. The van der Waals surface area contributed by atoms with Crippen LogP contribution in [0.5, 0.6) is 0 Å². The van der Waals surface area contributed by atoms with Gasteiger partial charge in [-0.3, -0.25) is 9.59 Å². The molecule has 0 aromatic heterocycles. The number of hydrogen-bond acceptors (Lipinski definition) is 3. The van der Waals surface area contributed by atoms with Crippen molar-refractivity contribution in [3.05, 3.63) is 35.9 Å². The van der Waals surface area contributed by atoms with E-state index in [2.05, 4.69) is 5.32 Å². The first-order valence-corrected chi connectivity index (χ1v) is 6.77. The SMILES string of the molecule is O=C(O)CC[C@H](NC(=O)CCCc1ccccc1)C(=O)O. The molecule has 0 radical (unpaired) electrons. The molecule has 0 heterocycles. The van der Waals surface area contributed by atoms with Gasteiger partial charge in [-0.2, -0.15) is 0 Å². The molecule has 114 valence electrons. The van der Waals surface area contributed by atoms with E-state index in [1.54, 1.807) is 0 Å². The average molecular weight is 293 g/mol. The fourth-order valence-corrected chi connectivity index (χ4v) is 1.89. The monoisotopic (exact) mass is 293 g/mol. The molecule has 0 saturated carbocycles. The Labute approximate surface area is 122 Å². The van der Waals surface area contributed by atoms with Crippen LogP contribution in [0.2, 0.25) is 0 Å². The number of benzene rings is 1. The number of amides is 1. The summed E-state index contributed by atoms with van der Waals surface area (Å²) in [6.45, 7) is 0. The Morgan fingerprint density at radius 1 is 1.05 bits per heavy atom. The standard InChI is InChI=1S/C15H19NO5/c17-13(8-4-7-11-5-2-1-3-6-11)16-12(15(20)21)9-10-14(18)19/h1-3,5-6,12H,4,7-10H2,(H,16,17)(H,18,19)(H,20,21)/t12-/m0/s1. The summed E-state index contributed by atoms with van der Waals surface area (Å²) in [4.78, 5) is 33.0. The van der Waals surface area contributed by atoms with E-state index in [-0.39, 0.29) is 25.2 Å². The minimum Gasteiger partial charge on any atom is -0.481 e. The molecular formula is C15H19NO5. The molecule has 1 amide bonds. The summed E-state index contributed by atoms with van der Waals surface area (Å²) in [6.07, 6.45) is 1.16. The highest BCUT2D eigenvalue weighted by atomic mass is 16.4. The molecule has 3 N–H and O–H groups in total. The maximum atomic E-state index is 11.7. The third kappa shape index (κ3) is 7.10. The van der Waals surface area contributed by atoms with Crippen molar-refractivity contribution in [2.45, 2.75) is 38.1 Å². The van der Waals surface area contributed by atoms with Crippen molar-refractivity contribution in [1.29, 1.82) is 0 Å². The van der Waals surface area contributed by atoms with Crippen molar-refractivity contribution >= 4 is 17.8 Å². The van der Waals surface area contributed by atoms with E-state index in [1.165, 1.54) is 0 Å². The number of nitrogens with one attached hydrogen (secondary N) is 1. The Bertz CT molecular complexity index is 486. The highest BCUT2D eigenvalue weighted by Crippen LogP contribution is 2.05. The van der Waals surface area contributed by atoms with Gasteiger partial charge in [-0.1, -0.05) is 30.3 Å². The summed E-state index contributed by atoms with van der Waals surface area (Å²) in [6, 6.07) is 8.53. The van der Waals surface area contributed by atoms with Gasteiger partial charge in [0.25, 0.3) is 0 Å². The molecule has 1 rings (SSSR count). The van der Waals surface area contributed by atoms with Gasteiger partial charge in [0.2, 0.25) is 5.91 Å². The van der Waals surface area contributed by atoms with E-state index >= 15 is 0 Å². The zero-order valence-corrected chi connectivity index (χ0v) is 11.6. The summed E-state index contributed by atoms with van der Waals surface area (Å²) in [5.41, 5.74) is 1.12. The zero-order chi connectivity index (χ0) is 15.7. The number of hydrogen-bond donors (Lipinski definition) is 3.